The van der Waals surface area contributed by atoms with E-state index in [1.807, 2.05) is 11.3 Å². The molecular weight excluding hydrogens is 575 g/mol. The molecule has 0 fully saturated rings. The molecule has 9 rings (SSSR count). The number of nitrogens with zero attached hydrogens (tertiary/aromatic N) is 1. The van der Waals surface area contributed by atoms with Gasteiger partial charge in [-0.25, -0.2) is 0 Å². The molecule has 0 amide bonds. The van der Waals surface area contributed by atoms with Crippen molar-refractivity contribution in [2.75, 3.05) is 4.90 Å². The van der Waals surface area contributed by atoms with E-state index < -0.39 is 0 Å². The van der Waals surface area contributed by atoms with Crippen LogP contribution in [0, 0.1) is 0 Å². The molecule has 216 valence electrons. The number of hydrogen-bond donors (Lipinski definition) is 0. The second-order valence-corrected chi connectivity index (χ2v) is 12.8. The zero-order valence-electron chi connectivity index (χ0n) is 25.1. The van der Waals surface area contributed by atoms with Crippen LogP contribution >= 0.6 is 11.3 Å². The van der Waals surface area contributed by atoms with Crippen LogP contribution in [0.25, 0.3) is 64.0 Å². The highest BCUT2D eigenvalue weighted by Crippen LogP contribution is 2.46. The minimum Gasteiger partial charge on any atom is -0.309 e. The Morgan fingerprint density at radius 1 is 0.370 bits per heavy atom. The molecule has 2 heteroatoms. The van der Waals surface area contributed by atoms with Gasteiger partial charge in [-0.15, -0.1) is 11.3 Å². The molecule has 0 aliphatic heterocycles. The second-order valence-electron chi connectivity index (χ2n) is 11.7. The summed E-state index contributed by atoms with van der Waals surface area (Å²) in [5.74, 6) is 0. The molecule has 46 heavy (non-hydrogen) atoms. The van der Waals surface area contributed by atoms with E-state index in [1.165, 1.54) is 64.0 Å². The van der Waals surface area contributed by atoms with Crippen molar-refractivity contribution in [2.24, 2.45) is 0 Å². The molecule has 0 N–H and O–H groups in total. The van der Waals surface area contributed by atoms with Crippen LogP contribution in [0.3, 0.4) is 0 Å². The third-order valence-electron chi connectivity index (χ3n) is 9.03. The Balaban J connectivity index is 1.28. The normalized spacial score (nSPS) is 11.5. The van der Waals surface area contributed by atoms with Crippen molar-refractivity contribution in [2.45, 2.75) is 0 Å². The molecule has 8 aromatic carbocycles. The summed E-state index contributed by atoms with van der Waals surface area (Å²) in [7, 11) is 0. The summed E-state index contributed by atoms with van der Waals surface area (Å²) in [5, 5.41) is 7.57. The first kappa shape index (κ1) is 26.7. The summed E-state index contributed by atoms with van der Waals surface area (Å²) in [6, 6.07) is 64.0. The van der Waals surface area contributed by atoms with Gasteiger partial charge in [0.1, 0.15) is 0 Å². The fourth-order valence-electron chi connectivity index (χ4n) is 6.87. The van der Waals surface area contributed by atoms with Gasteiger partial charge in [-0.3, -0.25) is 0 Å². The van der Waals surface area contributed by atoms with Gasteiger partial charge in [-0.1, -0.05) is 140 Å². The fourth-order valence-corrected chi connectivity index (χ4v) is 8.11. The molecular formula is C44H29NS. The molecule has 0 bridgehead atoms. The van der Waals surface area contributed by atoms with Gasteiger partial charge in [0.05, 0.1) is 11.4 Å². The van der Waals surface area contributed by atoms with E-state index in [1.54, 1.807) is 0 Å². The van der Waals surface area contributed by atoms with E-state index in [2.05, 4.69) is 181 Å². The van der Waals surface area contributed by atoms with Crippen LogP contribution in [-0.4, -0.2) is 0 Å². The maximum absolute atomic E-state index is 2.45. The Morgan fingerprint density at radius 3 is 1.93 bits per heavy atom. The van der Waals surface area contributed by atoms with Crippen molar-refractivity contribution in [3.8, 4) is 22.3 Å². The third kappa shape index (κ3) is 4.46. The Morgan fingerprint density at radius 2 is 1.00 bits per heavy atom. The summed E-state index contributed by atoms with van der Waals surface area (Å²) < 4.78 is 2.65. The molecule has 1 nitrogen and oxygen atoms in total. The van der Waals surface area contributed by atoms with Gasteiger partial charge < -0.3 is 4.90 Å². The molecule has 0 aliphatic rings. The van der Waals surface area contributed by atoms with Crippen molar-refractivity contribution >= 4 is 70.1 Å². The van der Waals surface area contributed by atoms with E-state index in [9.17, 15) is 0 Å². The monoisotopic (exact) mass is 603 g/mol. The van der Waals surface area contributed by atoms with Crippen molar-refractivity contribution < 1.29 is 0 Å². The van der Waals surface area contributed by atoms with Crippen molar-refractivity contribution in [3.05, 3.63) is 176 Å². The molecule has 9 aromatic rings. The van der Waals surface area contributed by atoms with Crippen LogP contribution in [0.15, 0.2) is 176 Å². The van der Waals surface area contributed by atoms with E-state index in [4.69, 9.17) is 0 Å². The molecule has 1 heterocycles. The lowest BCUT2D eigenvalue weighted by atomic mass is 9.97. The number of para-hydroxylation sites is 1. The minimum absolute atomic E-state index is 1.13. The number of rotatable bonds is 5. The highest BCUT2D eigenvalue weighted by atomic mass is 32.1. The summed E-state index contributed by atoms with van der Waals surface area (Å²) >= 11 is 1.88. The summed E-state index contributed by atoms with van der Waals surface area (Å²) in [4.78, 5) is 2.45. The van der Waals surface area contributed by atoms with E-state index in [0.29, 0.717) is 0 Å². The highest BCUT2D eigenvalue weighted by Gasteiger charge is 2.20. The number of hydrogen-bond acceptors (Lipinski definition) is 2. The maximum Gasteiger partial charge on any atom is 0.0540 e. The fraction of sp³-hybridized carbons (Fsp3) is 0. The molecule has 0 spiro atoms. The average Bonchev–Trinajstić information content (AvgIpc) is 3.51. The minimum atomic E-state index is 1.13. The topological polar surface area (TPSA) is 3.24 Å². The van der Waals surface area contributed by atoms with Gasteiger partial charge in [0.2, 0.25) is 0 Å². The quantitative estimate of drug-likeness (QED) is 0.189. The molecule has 0 radical (unpaired) electrons. The smallest absolute Gasteiger partial charge is 0.0540 e. The van der Waals surface area contributed by atoms with E-state index in [-0.39, 0.29) is 0 Å². The van der Waals surface area contributed by atoms with Crippen LogP contribution in [-0.2, 0) is 0 Å². The number of fused-ring (bicyclic) bond motifs is 5. The van der Waals surface area contributed by atoms with Crippen LogP contribution in [0.1, 0.15) is 0 Å². The first-order valence-electron chi connectivity index (χ1n) is 15.7. The molecule has 0 aliphatic carbocycles. The lowest BCUT2D eigenvalue weighted by molar-refractivity contribution is 1.30. The van der Waals surface area contributed by atoms with Crippen LogP contribution in [0.2, 0.25) is 0 Å². The maximum atomic E-state index is 2.45. The van der Waals surface area contributed by atoms with Gasteiger partial charge in [0.15, 0.2) is 0 Å². The van der Waals surface area contributed by atoms with Gasteiger partial charge in [0, 0.05) is 36.8 Å². The second kappa shape index (κ2) is 11.0. The van der Waals surface area contributed by atoms with Gasteiger partial charge in [-0.05, 0) is 69.2 Å². The summed E-state index contributed by atoms with van der Waals surface area (Å²) in [6.07, 6.45) is 0. The standard InChI is InChI=1S/C44H29NS/c1-2-14-32-28-34(27-26-30(32)12-1)37-19-5-7-23-41(37)45(42-24-10-15-31-13-3-4-18-36(31)42)35-17-9-16-33(29-35)38-21-11-22-40-39-20-6-8-25-43(39)46-44(38)40/h1-29H. The Hall–Kier alpha value is -5.70. The van der Waals surface area contributed by atoms with Crippen molar-refractivity contribution in [1.29, 1.82) is 0 Å². The first-order chi connectivity index (χ1) is 22.8. The predicted octanol–water partition coefficient (Wildman–Crippen LogP) is 13.2. The Kier molecular flexibility index (Phi) is 6.40. The lowest BCUT2D eigenvalue weighted by Crippen LogP contribution is -2.12. The molecule has 0 unspecified atom stereocenters. The predicted molar refractivity (Wildman–Crippen MR) is 200 cm³/mol. The highest BCUT2D eigenvalue weighted by molar-refractivity contribution is 7.26. The van der Waals surface area contributed by atoms with Crippen LogP contribution in [0.4, 0.5) is 17.1 Å². The van der Waals surface area contributed by atoms with Crippen molar-refractivity contribution in [1.82, 2.24) is 0 Å². The van der Waals surface area contributed by atoms with Crippen LogP contribution < -0.4 is 4.90 Å². The largest absolute Gasteiger partial charge is 0.309 e. The third-order valence-corrected chi connectivity index (χ3v) is 10.3. The SMILES string of the molecule is c1cc(-c2cccc3c2sc2ccccc23)cc(N(c2ccccc2-c2ccc3ccccc3c2)c2cccc3ccccc23)c1. The average molecular weight is 604 g/mol. The van der Waals surface area contributed by atoms with Gasteiger partial charge >= 0.3 is 0 Å². The zero-order chi connectivity index (χ0) is 30.5. The molecule has 0 atom stereocenters. The Labute approximate surface area is 272 Å². The number of benzene rings is 8. The van der Waals surface area contributed by atoms with E-state index >= 15 is 0 Å². The zero-order valence-corrected chi connectivity index (χ0v) is 25.9. The van der Waals surface area contributed by atoms with Gasteiger partial charge in [0.25, 0.3) is 0 Å². The van der Waals surface area contributed by atoms with Crippen molar-refractivity contribution in [3.63, 3.8) is 0 Å². The van der Waals surface area contributed by atoms with E-state index in [0.717, 1.165) is 17.1 Å². The molecule has 1 aromatic heterocycles. The lowest BCUT2D eigenvalue weighted by Gasteiger charge is -2.29. The van der Waals surface area contributed by atoms with Crippen LogP contribution in [0.5, 0.6) is 0 Å². The summed E-state index contributed by atoms with van der Waals surface area (Å²) in [6.45, 7) is 0. The first-order valence-corrected chi connectivity index (χ1v) is 16.5. The number of anilines is 3. The molecule has 0 saturated carbocycles. The van der Waals surface area contributed by atoms with Gasteiger partial charge in [-0.2, -0.15) is 0 Å². The Bertz CT molecular complexity index is 2550. The molecule has 0 saturated heterocycles. The summed E-state index contributed by atoms with van der Waals surface area (Å²) in [5.41, 5.74) is 8.29. The number of thiophene rings is 1.